The van der Waals surface area contributed by atoms with Crippen molar-refractivity contribution in [2.75, 3.05) is 11.4 Å². The highest BCUT2D eigenvalue weighted by atomic mass is 16.5. The molecule has 126 valence electrons. The van der Waals surface area contributed by atoms with Crippen LogP contribution in [-0.2, 0) is 4.79 Å². The van der Waals surface area contributed by atoms with E-state index in [0.717, 1.165) is 35.4 Å². The van der Waals surface area contributed by atoms with E-state index in [1.807, 2.05) is 25.1 Å². The van der Waals surface area contributed by atoms with Crippen LogP contribution in [0.2, 0.25) is 0 Å². The number of anilines is 1. The van der Waals surface area contributed by atoms with E-state index < -0.39 is 6.10 Å². The number of hydrogen-bond acceptors (Lipinski definition) is 3. The van der Waals surface area contributed by atoms with Gasteiger partial charge in [0.25, 0.3) is 5.91 Å². The highest BCUT2D eigenvalue weighted by Gasteiger charge is 2.32. The van der Waals surface area contributed by atoms with Crippen molar-refractivity contribution in [2.24, 2.45) is 11.7 Å². The lowest BCUT2D eigenvalue weighted by Crippen LogP contribution is -2.45. The first kappa shape index (κ1) is 17.5. The molecule has 2 unspecified atom stereocenters. The second kappa shape index (κ2) is 7.18. The zero-order valence-corrected chi connectivity index (χ0v) is 14.6. The Kier molecular flexibility index (Phi) is 5.47. The third-order valence-electron chi connectivity index (χ3n) is 4.56. The summed E-state index contributed by atoms with van der Waals surface area (Å²) in [6.45, 7) is 12.5. The van der Waals surface area contributed by atoms with Gasteiger partial charge in [0.2, 0.25) is 0 Å². The normalized spacial score (nSPS) is 18.6. The molecule has 1 aliphatic rings. The van der Waals surface area contributed by atoms with Crippen molar-refractivity contribution in [1.29, 1.82) is 0 Å². The first-order valence-electron chi connectivity index (χ1n) is 8.40. The minimum Gasteiger partial charge on any atom is -0.479 e. The zero-order chi connectivity index (χ0) is 17.1. The first-order chi connectivity index (χ1) is 10.9. The number of carbonyl (C=O) groups is 1. The van der Waals surface area contributed by atoms with Crippen LogP contribution in [0.4, 0.5) is 5.69 Å². The van der Waals surface area contributed by atoms with Gasteiger partial charge < -0.3 is 15.4 Å². The average molecular weight is 316 g/mol. The van der Waals surface area contributed by atoms with Crippen LogP contribution in [0.5, 0.6) is 5.75 Å². The molecule has 1 amide bonds. The molecule has 0 spiro atoms. The smallest absolute Gasteiger partial charge is 0.268 e. The summed E-state index contributed by atoms with van der Waals surface area (Å²) in [5.74, 6) is 1.13. The lowest BCUT2D eigenvalue weighted by Gasteiger charge is -2.34. The van der Waals surface area contributed by atoms with Crippen molar-refractivity contribution in [3.63, 3.8) is 0 Å². The van der Waals surface area contributed by atoms with Crippen molar-refractivity contribution < 1.29 is 9.53 Å². The highest BCUT2D eigenvalue weighted by Crippen LogP contribution is 2.37. The lowest BCUT2D eigenvalue weighted by atomic mass is 9.89. The van der Waals surface area contributed by atoms with Gasteiger partial charge in [-0.15, -0.1) is 0 Å². The van der Waals surface area contributed by atoms with Crippen molar-refractivity contribution in [2.45, 2.75) is 52.7 Å². The Hall–Kier alpha value is -1.81. The number of rotatable bonds is 6. The average Bonchev–Trinajstić information content (AvgIpc) is 2.52. The summed E-state index contributed by atoms with van der Waals surface area (Å²) in [6, 6.07) is 5.92. The summed E-state index contributed by atoms with van der Waals surface area (Å²) in [6.07, 6.45) is 1.60. The van der Waals surface area contributed by atoms with Gasteiger partial charge in [0.15, 0.2) is 6.10 Å². The Balaban J connectivity index is 2.41. The number of fused-ring (bicyclic) bond motifs is 1. The fourth-order valence-electron chi connectivity index (χ4n) is 3.13. The van der Waals surface area contributed by atoms with Gasteiger partial charge in [-0.25, -0.2) is 0 Å². The van der Waals surface area contributed by atoms with Crippen molar-refractivity contribution in [1.82, 2.24) is 0 Å². The van der Waals surface area contributed by atoms with E-state index in [2.05, 4.69) is 20.4 Å². The van der Waals surface area contributed by atoms with Crippen LogP contribution >= 0.6 is 0 Å². The van der Waals surface area contributed by atoms with Crippen LogP contribution in [0, 0.1) is 5.92 Å². The van der Waals surface area contributed by atoms with Gasteiger partial charge >= 0.3 is 0 Å². The van der Waals surface area contributed by atoms with Crippen LogP contribution in [0.15, 0.2) is 30.4 Å². The largest absolute Gasteiger partial charge is 0.479 e. The molecule has 4 heteroatoms. The summed E-state index contributed by atoms with van der Waals surface area (Å²) in [5.41, 5.74) is 9.23. The molecule has 2 rings (SSSR count). The van der Waals surface area contributed by atoms with E-state index >= 15 is 0 Å². The summed E-state index contributed by atoms with van der Waals surface area (Å²) in [7, 11) is 0. The Morgan fingerprint density at radius 1 is 1.39 bits per heavy atom. The van der Waals surface area contributed by atoms with E-state index in [1.165, 1.54) is 0 Å². The van der Waals surface area contributed by atoms with E-state index in [0.29, 0.717) is 12.5 Å². The maximum atomic E-state index is 12.5. The molecule has 0 saturated carbocycles. The number of nitrogens with two attached hydrogens (primary N) is 1. The number of ether oxygens (including phenoxy) is 1. The standard InChI is InChI=1S/C19H28N2O2/c1-6-14(7-2)18(20)15-8-9-17-16(10-15)21(11-12(3)4)19(22)13(5)23-17/h8-10,13-14,18H,3,6-7,11,20H2,1-2,4-5H3. The fourth-order valence-corrected chi connectivity index (χ4v) is 3.13. The molecule has 1 heterocycles. The maximum absolute atomic E-state index is 12.5. The van der Waals surface area contributed by atoms with E-state index in [4.69, 9.17) is 10.5 Å². The monoisotopic (exact) mass is 316 g/mol. The number of carbonyl (C=O) groups excluding carboxylic acids is 1. The number of hydrogen-bond donors (Lipinski definition) is 1. The highest BCUT2D eigenvalue weighted by molar-refractivity contribution is 6.00. The number of nitrogens with zero attached hydrogens (tertiary/aromatic N) is 1. The molecule has 0 saturated heterocycles. The van der Waals surface area contributed by atoms with Gasteiger partial charge in [-0.2, -0.15) is 0 Å². The molecule has 1 aromatic carbocycles. The van der Waals surface area contributed by atoms with Crippen LogP contribution in [0.25, 0.3) is 0 Å². The third-order valence-corrected chi connectivity index (χ3v) is 4.56. The predicted octanol–water partition coefficient (Wildman–Crippen LogP) is 3.81. The summed E-state index contributed by atoms with van der Waals surface area (Å²) < 4.78 is 5.74. The van der Waals surface area contributed by atoms with Gasteiger partial charge in [0, 0.05) is 12.6 Å². The first-order valence-corrected chi connectivity index (χ1v) is 8.40. The van der Waals surface area contributed by atoms with Gasteiger partial charge in [-0.05, 0) is 37.5 Å². The molecule has 0 bridgehead atoms. The molecule has 0 radical (unpaired) electrons. The van der Waals surface area contributed by atoms with E-state index in [9.17, 15) is 4.79 Å². The number of amides is 1. The molecule has 2 N–H and O–H groups in total. The fraction of sp³-hybridized carbons (Fsp3) is 0.526. The number of benzene rings is 1. The van der Waals surface area contributed by atoms with E-state index in [1.54, 1.807) is 11.8 Å². The minimum atomic E-state index is -0.472. The second-order valence-corrected chi connectivity index (χ2v) is 6.47. The molecule has 4 nitrogen and oxygen atoms in total. The lowest BCUT2D eigenvalue weighted by molar-refractivity contribution is -0.125. The van der Waals surface area contributed by atoms with Crippen molar-refractivity contribution in [3.05, 3.63) is 35.9 Å². The summed E-state index contributed by atoms with van der Waals surface area (Å²) >= 11 is 0. The molecule has 23 heavy (non-hydrogen) atoms. The van der Waals surface area contributed by atoms with Crippen LogP contribution in [-0.4, -0.2) is 18.6 Å². The molecule has 0 aromatic heterocycles. The molecule has 0 fully saturated rings. The Morgan fingerprint density at radius 2 is 2.04 bits per heavy atom. The summed E-state index contributed by atoms with van der Waals surface area (Å²) in [5, 5.41) is 0. The Morgan fingerprint density at radius 3 is 2.61 bits per heavy atom. The topological polar surface area (TPSA) is 55.6 Å². The van der Waals surface area contributed by atoms with Gasteiger partial charge in [0.1, 0.15) is 5.75 Å². The minimum absolute atomic E-state index is 0.0311. The quantitative estimate of drug-likeness (QED) is 0.812. The molecular formula is C19H28N2O2. The Bertz CT molecular complexity index is 593. The second-order valence-electron chi connectivity index (χ2n) is 6.47. The Labute approximate surface area is 139 Å². The van der Waals surface area contributed by atoms with Gasteiger partial charge in [0.05, 0.1) is 5.69 Å². The van der Waals surface area contributed by atoms with Crippen LogP contribution < -0.4 is 15.4 Å². The molecule has 1 aliphatic heterocycles. The maximum Gasteiger partial charge on any atom is 0.268 e. The van der Waals surface area contributed by atoms with Crippen molar-refractivity contribution in [3.8, 4) is 5.75 Å². The molecule has 1 aromatic rings. The van der Waals surface area contributed by atoms with Crippen LogP contribution in [0.3, 0.4) is 0 Å². The van der Waals surface area contributed by atoms with Gasteiger partial charge in [-0.1, -0.05) is 44.9 Å². The molecule has 0 aliphatic carbocycles. The van der Waals surface area contributed by atoms with Crippen molar-refractivity contribution >= 4 is 11.6 Å². The summed E-state index contributed by atoms with van der Waals surface area (Å²) in [4.78, 5) is 14.2. The molecule has 2 atom stereocenters. The predicted molar refractivity (Wildman–Crippen MR) is 94.7 cm³/mol. The van der Waals surface area contributed by atoms with Crippen LogP contribution in [0.1, 0.15) is 52.1 Å². The zero-order valence-electron chi connectivity index (χ0n) is 14.6. The SMILES string of the molecule is C=C(C)CN1C(=O)C(C)Oc2ccc(C(N)C(CC)CC)cc21. The van der Waals surface area contributed by atoms with E-state index in [-0.39, 0.29) is 11.9 Å². The van der Waals surface area contributed by atoms with Gasteiger partial charge in [-0.3, -0.25) is 4.79 Å². The molecular weight excluding hydrogens is 288 g/mol. The third kappa shape index (κ3) is 3.58.